The topological polar surface area (TPSA) is 60.9 Å². The number of hydrogen-bond acceptors (Lipinski definition) is 4. The number of likely N-dealkylation sites (tertiary alicyclic amines) is 1. The smallest absolute Gasteiger partial charge is 0.295 e. The summed E-state index contributed by atoms with van der Waals surface area (Å²) in [4.78, 5) is 28.9. The maximum Gasteiger partial charge on any atom is 0.295 e. The predicted octanol–water partition coefficient (Wildman–Crippen LogP) is 3.85. The molecule has 0 bridgehead atoms. The summed E-state index contributed by atoms with van der Waals surface area (Å²) < 4.78 is 14.6. The average Bonchev–Trinajstić information content (AvgIpc) is 2.93. The molecule has 1 fully saturated rings. The van der Waals surface area contributed by atoms with E-state index in [2.05, 4.69) is 0 Å². The molecule has 1 heterocycles. The van der Waals surface area contributed by atoms with Gasteiger partial charge < -0.3 is 14.9 Å². The molecule has 5 nitrogen and oxygen atoms in total. The van der Waals surface area contributed by atoms with E-state index in [1.54, 1.807) is 30.3 Å². The molecular formula is C22H22ClFN2O3. The van der Waals surface area contributed by atoms with Crippen LogP contribution in [0.25, 0.3) is 5.76 Å². The number of carbonyl (C=O) groups is 2. The first-order valence-electron chi connectivity index (χ1n) is 9.24. The molecule has 1 aliphatic heterocycles. The number of halogens is 2. The molecule has 0 aromatic heterocycles. The minimum Gasteiger partial charge on any atom is -0.507 e. The Hall–Kier alpha value is -2.70. The van der Waals surface area contributed by atoms with E-state index in [0.717, 1.165) is 0 Å². The summed E-state index contributed by atoms with van der Waals surface area (Å²) in [5, 5.41) is 11.3. The summed E-state index contributed by atoms with van der Waals surface area (Å²) in [6, 6.07) is 11.2. The van der Waals surface area contributed by atoms with Crippen molar-refractivity contribution >= 4 is 29.1 Å². The van der Waals surface area contributed by atoms with Crippen LogP contribution in [0.5, 0.6) is 0 Å². The molecule has 0 radical (unpaired) electrons. The van der Waals surface area contributed by atoms with Gasteiger partial charge in [-0.1, -0.05) is 29.8 Å². The van der Waals surface area contributed by atoms with Gasteiger partial charge in [-0.3, -0.25) is 9.59 Å². The summed E-state index contributed by atoms with van der Waals surface area (Å²) in [7, 11) is 3.81. The molecule has 152 valence electrons. The van der Waals surface area contributed by atoms with Crippen molar-refractivity contribution in [2.45, 2.75) is 12.5 Å². The van der Waals surface area contributed by atoms with Crippen LogP contribution in [0, 0.1) is 5.82 Å². The summed E-state index contributed by atoms with van der Waals surface area (Å²) in [5.74, 6) is -2.45. The van der Waals surface area contributed by atoms with Crippen molar-refractivity contribution in [2.24, 2.45) is 0 Å². The lowest BCUT2D eigenvalue weighted by molar-refractivity contribution is -0.140. The Balaban J connectivity index is 2.11. The van der Waals surface area contributed by atoms with Gasteiger partial charge in [-0.15, -0.1) is 0 Å². The van der Waals surface area contributed by atoms with Gasteiger partial charge in [0.2, 0.25) is 0 Å². The van der Waals surface area contributed by atoms with Gasteiger partial charge in [0, 0.05) is 22.7 Å². The second kappa shape index (κ2) is 8.76. The third-order valence-corrected chi connectivity index (χ3v) is 5.11. The van der Waals surface area contributed by atoms with Crippen molar-refractivity contribution in [1.29, 1.82) is 0 Å². The van der Waals surface area contributed by atoms with E-state index >= 15 is 0 Å². The summed E-state index contributed by atoms with van der Waals surface area (Å²) in [5.41, 5.74) is 0.390. The number of rotatable bonds is 6. The van der Waals surface area contributed by atoms with Crippen molar-refractivity contribution in [3.8, 4) is 0 Å². The Kier molecular flexibility index (Phi) is 6.35. The first-order chi connectivity index (χ1) is 13.8. The van der Waals surface area contributed by atoms with Crippen LogP contribution in [-0.4, -0.2) is 53.8 Å². The van der Waals surface area contributed by atoms with E-state index in [1.807, 2.05) is 19.0 Å². The number of aliphatic hydroxyl groups is 1. The number of carbonyl (C=O) groups excluding carboxylic acids is 2. The quantitative estimate of drug-likeness (QED) is 0.441. The molecule has 7 heteroatoms. The molecule has 0 spiro atoms. The zero-order valence-corrected chi connectivity index (χ0v) is 17.0. The van der Waals surface area contributed by atoms with Crippen molar-refractivity contribution < 1.29 is 19.1 Å². The van der Waals surface area contributed by atoms with Crippen LogP contribution < -0.4 is 0 Å². The average molecular weight is 417 g/mol. The molecule has 0 unspecified atom stereocenters. The van der Waals surface area contributed by atoms with E-state index < -0.39 is 23.5 Å². The van der Waals surface area contributed by atoms with Gasteiger partial charge in [-0.2, -0.15) is 0 Å². The van der Waals surface area contributed by atoms with Crippen LogP contribution in [0.3, 0.4) is 0 Å². The van der Waals surface area contributed by atoms with Gasteiger partial charge in [-0.05, 0) is 57.4 Å². The highest BCUT2D eigenvalue weighted by Gasteiger charge is 2.46. The van der Waals surface area contributed by atoms with Gasteiger partial charge in [0.25, 0.3) is 11.7 Å². The van der Waals surface area contributed by atoms with Gasteiger partial charge in [0.05, 0.1) is 11.6 Å². The Labute approximate surface area is 174 Å². The summed E-state index contributed by atoms with van der Waals surface area (Å²) in [6.45, 7) is 0.962. The third kappa shape index (κ3) is 4.33. The Morgan fingerprint density at radius 2 is 1.79 bits per heavy atom. The second-order valence-corrected chi connectivity index (χ2v) is 7.61. The van der Waals surface area contributed by atoms with Crippen LogP contribution in [0.2, 0.25) is 5.02 Å². The Morgan fingerprint density at radius 3 is 2.41 bits per heavy atom. The van der Waals surface area contributed by atoms with Gasteiger partial charge in [0.1, 0.15) is 11.6 Å². The number of ketones is 1. The molecule has 1 saturated heterocycles. The maximum absolute atomic E-state index is 14.6. The normalized spacial score (nSPS) is 18.7. The van der Waals surface area contributed by atoms with Crippen molar-refractivity contribution in [3.63, 3.8) is 0 Å². The molecule has 0 aliphatic carbocycles. The first kappa shape index (κ1) is 21.0. The van der Waals surface area contributed by atoms with E-state index in [0.29, 0.717) is 23.6 Å². The summed E-state index contributed by atoms with van der Waals surface area (Å²) in [6.07, 6.45) is 0.603. The van der Waals surface area contributed by atoms with Crippen molar-refractivity contribution in [3.05, 3.63) is 76.1 Å². The second-order valence-electron chi connectivity index (χ2n) is 7.18. The zero-order chi connectivity index (χ0) is 21.1. The van der Waals surface area contributed by atoms with E-state index in [4.69, 9.17) is 11.6 Å². The monoisotopic (exact) mass is 416 g/mol. The Morgan fingerprint density at radius 1 is 1.14 bits per heavy atom. The standard InChI is InChI=1S/C22H22ClFN2O3/c1-25(2)12-5-13-26-19(16-6-3-4-7-17(16)24)18(21(28)22(26)29)20(27)14-8-10-15(23)11-9-14/h3-4,6-11,19,27H,5,12-13H2,1-2H3/t19-/m1/s1. The lowest BCUT2D eigenvalue weighted by atomic mass is 9.95. The first-order valence-corrected chi connectivity index (χ1v) is 9.62. The number of hydrogen-bond donors (Lipinski definition) is 1. The Bertz CT molecular complexity index is 957. The predicted molar refractivity (Wildman–Crippen MR) is 110 cm³/mol. The third-order valence-electron chi connectivity index (χ3n) is 4.86. The molecule has 3 rings (SSSR count). The lowest BCUT2D eigenvalue weighted by Crippen LogP contribution is -2.32. The van der Waals surface area contributed by atoms with E-state index in [1.165, 1.54) is 23.1 Å². The number of Topliss-reactive ketones (excluding diaryl/α,β-unsaturated/α-hetero) is 1. The van der Waals surface area contributed by atoms with Gasteiger partial charge in [-0.25, -0.2) is 4.39 Å². The van der Waals surface area contributed by atoms with E-state index in [-0.39, 0.29) is 23.4 Å². The van der Waals surface area contributed by atoms with Crippen molar-refractivity contribution in [1.82, 2.24) is 9.80 Å². The molecule has 1 atom stereocenters. The van der Waals surface area contributed by atoms with Crippen LogP contribution in [-0.2, 0) is 9.59 Å². The van der Waals surface area contributed by atoms with Crippen molar-refractivity contribution in [2.75, 3.05) is 27.2 Å². The number of benzene rings is 2. The molecular weight excluding hydrogens is 395 g/mol. The fourth-order valence-electron chi connectivity index (χ4n) is 3.45. The van der Waals surface area contributed by atoms with Crippen LogP contribution in [0.1, 0.15) is 23.6 Å². The highest BCUT2D eigenvalue weighted by Crippen LogP contribution is 2.40. The van der Waals surface area contributed by atoms with Crippen LogP contribution in [0.4, 0.5) is 4.39 Å². The minimum atomic E-state index is -0.992. The molecule has 1 amide bonds. The molecule has 0 saturated carbocycles. The fourth-order valence-corrected chi connectivity index (χ4v) is 3.58. The molecule has 2 aromatic rings. The van der Waals surface area contributed by atoms with E-state index in [9.17, 15) is 19.1 Å². The summed E-state index contributed by atoms with van der Waals surface area (Å²) >= 11 is 5.90. The number of nitrogens with zero attached hydrogens (tertiary/aromatic N) is 2. The zero-order valence-electron chi connectivity index (χ0n) is 16.2. The fraction of sp³-hybridized carbons (Fsp3) is 0.273. The largest absolute Gasteiger partial charge is 0.507 e. The molecule has 1 N–H and O–H groups in total. The minimum absolute atomic E-state index is 0.118. The number of amides is 1. The highest BCUT2D eigenvalue weighted by molar-refractivity contribution is 6.46. The highest BCUT2D eigenvalue weighted by atomic mass is 35.5. The molecule has 1 aliphatic rings. The van der Waals surface area contributed by atoms with Crippen LogP contribution >= 0.6 is 11.6 Å². The van der Waals surface area contributed by atoms with Gasteiger partial charge in [0.15, 0.2) is 0 Å². The molecule has 29 heavy (non-hydrogen) atoms. The number of aliphatic hydroxyl groups excluding tert-OH is 1. The maximum atomic E-state index is 14.6. The SMILES string of the molecule is CN(C)CCCN1C(=O)C(=O)C(=C(O)c2ccc(Cl)cc2)[C@H]1c1ccccc1F. The lowest BCUT2D eigenvalue weighted by Gasteiger charge is -2.26. The molecule has 2 aromatic carbocycles. The van der Waals surface area contributed by atoms with Gasteiger partial charge >= 0.3 is 0 Å². The van der Waals surface area contributed by atoms with Crippen LogP contribution in [0.15, 0.2) is 54.1 Å².